The summed E-state index contributed by atoms with van der Waals surface area (Å²) in [6.07, 6.45) is 0. The maximum absolute atomic E-state index is 12.5. The number of hydrogen-bond acceptors (Lipinski definition) is 4. The molecule has 0 saturated heterocycles. The molecule has 8 heteroatoms. The van der Waals surface area contributed by atoms with Gasteiger partial charge in [-0.25, -0.2) is 0 Å². The number of carbonyl (C=O) groups excluding carboxylic acids is 2. The second-order valence-electron chi connectivity index (χ2n) is 6.86. The second-order valence-corrected chi connectivity index (χ2v) is 7.26. The van der Waals surface area contributed by atoms with E-state index >= 15 is 0 Å². The molecule has 3 rings (SSSR count). The molecule has 7 nitrogen and oxygen atoms in total. The van der Waals surface area contributed by atoms with Crippen LogP contribution in [0.1, 0.15) is 32.9 Å². The van der Waals surface area contributed by atoms with E-state index in [1.54, 1.807) is 25.1 Å². The molecule has 0 atom stereocenters. The van der Waals surface area contributed by atoms with Crippen molar-refractivity contribution in [3.05, 3.63) is 69.5 Å². The molecule has 0 aliphatic rings. The quantitative estimate of drug-likeness (QED) is 0.672. The lowest BCUT2D eigenvalue weighted by Gasteiger charge is -2.09. The zero-order chi connectivity index (χ0) is 21.1. The van der Waals surface area contributed by atoms with Gasteiger partial charge in [-0.15, -0.1) is 5.10 Å². The van der Waals surface area contributed by atoms with Gasteiger partial charge in [0.05, 0.1) is 17.9 Å². The average Bonchev–Trinajstić information content (AvgIpc) is 3.05. The second kappa shape index (κ2) is 8.45. The van der Waals surface area contributed by atoms with E-state index in [1.807, 2.05) is 39.0 Å². The van der Waals surface area contributed by atoms with Crippen molar-refractivity contribution in [2.75, 3.05) is 11.9 Å². The zero-order valence-corrected chi connectivity index (χ0v) is 17.5. The van der Waals surface area contributed by atoms with E-state index < -0.39 is 5.91 Å². The van der Waals surface area contributed by atoms with Crippen molar-refractivity contribution in [1.82, 2.24) is 20.3 Å². The normalized spacial score (nSPS) is 10.7. The lowest BCUT2D eigenvalue weighted by atomic mass is 10.1. The number of nitrogens with one attached hydrogen (secondary N) is 2. The molecule has 0 fully saturated rings. The van der Waals surface area contributed by atoms with Gasteiger partial charge in [-0.1, -0.05) is 35.4 Å². The van der Waals surface area contributed by atoms with Crippen molar-refractivity contribution in [2.45, 2.75) is 27.7 Å². The van der Waals surface area contributed by atoms with E-state index in [0.717, 1.165) is 22.4 Å². The SMILES string of the molecule is Cc1ccc(-n2nc(C)c(C(=O)NCC(=O)Nc3cccc(Cl)c3C)n2)c(C)c1. The van der Waals surface area contributed by atoms with Gasteiger partial charge in [-0.05, 0) is 57.0 Å². The van der Waals surface area contributed by atoms with Gasteiger partial charge in [0, 0.05) is 10.7 Å². The van der Waals surface area contributed by atoms with Gasteiger partial charge in [0.2, 0.25) is 5.91 Å². The molecule has 0 saturated carbocycles. The largest absolute Gasteiger partial charge is 0.342 e. The maximum Gasteiger partial charge on any atom is 0.274 e. The first-order valence-corrected chi connectivity index (χ1v) is 9.49. The predicted octanol–water partition coefficient (Wildman–Crippen LogP) is 3.52. The number of benzene rings is 2. The van der Waals surface area contributed by atoms with Crippen LogP contribution in [0.2, 0.25) is 5.02 Å². The Kier molecular flexibility index (Phi) is 5.98. The Morgan fingerprint density at radius 1 is 1.07 bits per heavy atom. The molecule has 0 unspecified atom stereocenters. The molecule has 3 aromatic rings. The number of anilines is 1. The highest BCUT2D eigenvalue weighted by Gasteiger charge is 2.18. The van der Waals surface area contributed by atoms with Gasteiger partial charge in [0.25, 0.3) is 5.91 Å². The minimum absolute atomic E-state index is 0.178. The summed E-state index contributed by atoms with van der Waals surface area (Å²) in [4.78, 5) is 26.1. The van der Waals surface area contributed by atoms with Gasteiger partial charge in [-0.3, -0.25) is 9.59 Å². The van der Waals surface area contributed by atoms with E-state index in [0.29, 0.717) is 16.4 Å². The molecule has 150 valence electrons. The molecule has 29 heavy (non-hydrogen) atoms. The van der Waals surface area contributed by atoms with Crippen molar-refractivity contribution in [1.29, 1.82) is 0 Å². The Morgan fingerprint density at radius 3 is 2.55 bits per heavy atom. The first-order valence-electron chi connectivity index (χ1n) is 9.11. The molecule has 2 N–H and O–H groups in total. The van der Waals surface area contributed by atoms with Crippen LogP contribution < -0.4 is 10.6 Å². The minimum Gasteiger partial charge on any atom is -0.342 e. The average molecular weight is 412 g/mol. The molecule has 1 aromatic heterocycles. The Bertz CT molecular complexity index is 1090. The number of hydrogen-bond donors (Lipinski definition) is 2. The monoisotopic (exact) mass is 411 g/mol. The molecule has 0 aliphatic carbocycles. The van der Waals surface area contributed by atoms with E-state index in [1.165, 1.54) is 4.80 Å². The maximum atomic E-state index is 12.5. The fourth-order valence-corrected chi connectivity index (χ4v) is 3.08. The molecule has 0 bridgehead atoms. The number of aryl methyl sites for hydroxylation is 3. The molecule has 2 amide bonds. The van der Waals surface area contributed by atoms with E-state index in [2.05, 4.69) is 20.8 Å². The lowest BCUT2D eigenvalue weighted by Crippen LogP contribution is -2.33. The number of halogens is 1. The van der Waals surface area contributed by atoms with Crippen LogP contribution in [0.3, 0.4) is 0 Å². The van der Waals surface area contributed by atoms with Gasteiger partial charge in [0.15, 0.2) is 5.69 Å². The zero-order valence-electron chi connectivity index (χ0n) is 16.7. The highest BCUT2D eigenvalue weighted by Crippen LogP contribution is 2.22. The third-order valence-corrected chi connectivity index (χ3v) is 4.93. The standard InChI is InChI=1S/C21H22ClN5O2/c1-12-8-9-18(13(2)10-12)27-25-15(4)20(26-27)21(29)23-11-19(28)24-17-7-5-6-16(22)14(17)3/h5-10H,11H2,1-4H3,(H,23,29)(H,24,28). The van der Waals surface area contributed by atoms with Crippen LogP contribution in [0.4, 0.5) is 5.69 Å². The molecule has 0 radical (unpaired) electrons. The first kappa shape index (κ1) is 20.5. The van der Waals surface area contributed by atoms with Gasteiger partial charge in [0.1, 0.15) is 0 Å². The third-order valence-electron chi connectivity index (χ3n) is 4.52. The van der Waals surface area contributed by atoms with Crippen LogP contribution in [-0.4, -0.2) is 33.4 Å². The summed E-state index contributed by atoms with van der Waals surface area (Å²) >= 11 is 6.06. The third kappa shape index (κ3) is 4.63. The number of carbonyl (C=O) groups is 2. The van der Waals surface area contributed by atoms with E-state index in [-0.39, 0.29) is 18.1 Å². The topological polar surface area (TPSA) is 88.9 Å². The Balaban J connectivity index is 1.67. The van der Waals surface area contributed by atoms with Crippen LogP contribution in [0.5, 0.6) is 0 Å². The summed E-state index contributed by atoms with van der Waals surface area (Å²) in [6.45, 7) is 7.29. The van der Waals surface area contributed by atoms with Crippen LogP contribution in [0.25, 0.3) is 5.69 Å². The van der Waals surface area contributed by atoms with Gasteiger partial charge < -0.3 is 10.6 Å². The molecular weight excluding hydrogens is 390 g/mol. The molecule has 1 heterocycles. The summed E-state index contributed by atoms with van der Waals surface area (Å²) in [5.74, 6) is -0.820. The summed E-state index contributed by atoms with van der Waals surface area (Å²) in [5, 5.41) is 14.5. The Hall–Kier alpha value is -3.19. The van der Waals surface area contributed by atoms with Crippen molar-refractivity contribution < 1.29 is 9.59 Å². The van der Waals surface area contributed by atoms with Crippen LogP contribution in [-0.2, 0) is 4.79 Å². The van der Waals surface area contributed by atoms with Crippen molar-refractivity contribution in [3.63, 3.8) is 0 Å². The number of amides is 2. The van der Waals surface area contributed by atoms with E-state index in [4.69, 9.17) is 11.6 Å². The van der Waals surface area contributed by atoms with Crippen LogP contribution in [0, 0.1) is 27.7 Å². The van der Waals surface area contributed by atoms with E-state index in [9.17, 15) is 9.59 Å². The molecule has 2 aromatic carbocycles. The van der Waals surface area contributed by atoms with Crippen molar-refractivity contribution >= 4 is 29.1 Å². The fraction of sp³-hybridized carbons (Fsp3) is 0.238. The number of rotatable bonds is 5. The first-order chi connectivity index (χ1) is 13.8. The highest BCUT2D eigenvalue weighted by molar-refractivity contribution is 6.31. The Morgan fingerprint density at radius 2 is 1.83 bits per heavy atom. The minimum atomic E-state index is -0.462. The molecule has 0 aliphatic heterocycles. The predicted molar refractivity (Wildman–Crippen MR) is 113 cm³/mol. The Labute approximate surface area is 174 Å². The molecule has 0 spiro atoms. The summed E-state index contributed by atoms with van der Waals surface area (Å²) in [5.41, 5.74) is 4.96. The van der Waals surface area contributed by atoms with Gasteiger partial charge in [-0.2, -0.15) is 9.90 Å². The summed E-state index contributed by atoms with van der Waals surface area (Å²) in [6, 6.07) is 11.1. The smallest absolute Gasteiger partial charge is 0.274 e. The van der Waals surface area contributed by atoms with Crippen molar-refractivity contribution in [2.24, 2.45) is 0 Å². The lowest BCUT2D eigenvalue weighted by molar-refractivity contribution is -0.115. The van der Waals surface area contributed by atoms with Crippen LogP contribution in [0.15, 0.2) is 36.4 Å². The number of aromatic nitrogens is 3. The van der Waals surface area contributed by atoms with Crippen molar-refractivity contribution in [3.8, 4) is 5.69 Å². The summed E-state index contributed by atoms with van der Waals surface area (Å²) in [7, 11) is 0. The van der Waals surface area contributed by atoms with Gasteiger partial charge >= 0.3 is 0 Å². The molecular formula is C21H22ClN5O2. The highest BCUT2D eigenvalue weighted by atomic mass is 35.5. The number of nitrogens with zero attached hydrogens (tertiary/aromatic N) is 3. The summed E-state index contributed by atoms with van der Waals surface area (Å²) < 4.78 is 0. The fourth-order valence-electron chi connectivity index (χ4n) is 2.91. The van der Waals surface area contributed by atoms with Crippen LogP contribution >= 0.6 is 11.6 Å².